The van der Waals surface area contributed by atoms with Crippen molar-refractivity contribution in [3.05, 3.63) is 46.7 Å². The number of rotatable bonds is 4. The number of carbonyl (C=O) groups is 2. The minimum atomic E-state index is -3.30. The molecule has 2 atom stereocenters. The molecule has 0 spiro atoms. The molecule has 2 aliphatic rings. The number of benzene rings is 1. The van der Waals surface area contributed by atoms with Gasteiger partial charge in [0.05, 0.1) is 41.3 Å². The van der Waals surface area contributed by atoms with Gasteiger partial charge in [-0.25, -0.2) is 26.8 Å². The number of halogens is 2. The highest BCUT2D eigenvalue weighted by molar-refractivity contribution is 7.91. The first-order chi connectivity index (χ1) is 13.2. The van der Waals surface area contributed by atoms with Crippen LogP contribution in [0, 0.1) is 11.6 Å². The Kier molecular flexibility index (Phi) is 5.42. The number of nitrogens with one attached hydrogen (secondary N) is 1. The van der Waals surface area contributed by atoms with Crippen molar-refractivity contribution in [3.8, 4) is 0 Å². The molecule has 0 radical (unpaired) electrons. The average molecular weight is 414 g/mol. The van der Waals surface area contributed by atoms with E-state index in [1.165, 1.54) is 17.9 Å². The summed E-state index contributed by atoms with van der Waals surface area (Å²) >= 11 is 0. The highest BCUT2D eigenvalue weighted by Crippen LogP contribution is 2.36. The van der Waals surface area contributed by atoms with E-state index < -0.39 is 51.1 Å². The van der Waals surface area contributed by atoms with Crippen LogP contribution in [0.4, 0.5) is 13.6 Å². The van der Waals surface area contributed by atoms with Crippen LogP contribution in [-0.2, 0) is 19.4 Å². The lowest BCUT2D eigenvalue weighted by molar-refractivity contribution is -0.139. The number of hydrogen-bond donors (Lipinski definition) is 1. The van der Waals surface area contributed by atoms with Crippen LogP contribution in [0.1, 0.15) is 31.9 Å². The van der Waals surface area contributed by atoms with Gasteiger partial charge in [0.25, 0.3) is 0 Å². The molecule has 2 amide bonds. The highest BCUT2D eigenvalue weighted by atomic mass is 32.2. The summed E-state index contributed by atoms with van der Waals surface area (Å²) in [5.41, 5.74) is -0.483. The summed E-state index contributed by atoms with van der Waals surface area (Å²) in [5.74, 6) is -2.99. The number of esters is 1. The molecule has 10 heteroatoms. The molecule has 1 aromatic rings. The fourth-order valence-corrected chi connectivity index (χ4v) is 5.35. The van der Waals surface area contributed by atoms with Gasteiger partial charge in [0.1, 0.15) is 11.6 Å². The van der Waals surface area contributed by atoms with Crippen molar-refractivity contribution in [2.45, 2.75) is 32.4 Å². The molecule has 7 nitrogen and oxygen atoms in total. The molecule has 1 aromatic carbocycles. The van der Waals surface area contributed by atoms with E-state index >= 15 is 0 Å². The third-order valence-electron chi connectivity index (χ3n) is 4.88. The Labute approximate surface area is 161 Å². The van der Waals surface area contributed by atoms with Crippen LogP contribution in [0.25, 0.3) is 0 Å². The number of allylic oxidation sites excluding steroid dienone is 1. The Hall–Kier alpha value is -2.49. The maximum atomic E-state index is 14.4. The SMILES string of the molecule is CCOC(=O)C1=C(C)N([C@H]2CCS(=O)(=O)C2)C(=O)N[C@@H]1c1c(F)cccc1F. The van der Waals surface area contributed by atoms with Gasteiger partial charge in [-0.05, 0) is 32.4 Å². The lowest BCUT2D eigenvalue weighted by Crippen LogP contribution is -2.52. The van der Waals surface area contributed by atoms with Gasteiger partial charge >= 0.3 is 12.0 Å². The predicted molar refractivity (Wildman–Crippen MR) is 95.9 cm³/mol. The third kappa shape index (κ3) is 3.60. The molecular formula is C18H20F2N2O5S. The number of amides is 2. The Bertz CT molecular complexity index is 940. The van der Waals surface area contributed by atoms with Crippen molar-refractivity contribution in [2.75, 3.05) is 18.1 Å². The van der Waals surface area contributed by atoms with Crippen molar-refractivity contribution in [3.63, 3.8) is 0 Å². The summed E-state index contributed by atoms with van der Waals surface area (Å²) in [5, 5.41) is 2.44. The molecule has 0 aliphatic carbocycles. The molecule has 2 heterocycles. The molecule has 28 heavy (non-hydrogen) atoms. The number of ether oxygens (including phenoxy) is 1. The Morgan fingerprint density at radius 2 is 1.96 bits per heavy atom. The zero-order chi connectivity index (χ0) is 20.6. The smallest absolute Gasteiger partial charge is 0.338 e. The first-order valence-corrected chi connectivity index (χ1v) is 10.6. The lowest BCUT2D eigenvalue weighted by atomic mass is 9.93. The number of nitrogens with zero attached hydrogens (tertiary/aromatic N) is 1. The number of hydrogen-bond acceptors (Lipinski definition) is 5. The van der Waals surface area contributed by atoms with E-state index in [4.69, 9.17) is 4.74 Å². The van der Waals surface area contributed by atoms with E-state index in [1.807, 2.05) is 0 Å². The number of urea groups is 1. The second kappa shape index (κ2) is 7.50. The zero-order valence-corrected chi connectivity index (χ0v) is 16.2. The summed E-state index contributed by atoms with van der Waals surface area (Å²) in [6, 6.07) is 0.454. The van der Waals surface area contributed by atoms with Gasteiger partial charge in [0.15, 0.2) is 9.84 Å². The van der Waals surface area contributed by atoms with Gasteiger partial charge < -0.3 is 10.1 Å². The van der Waals surface area contributed by atoms with Crippen LogP contribution in [-0.4, -0.2) is 49.5 Å². The van der Waals surface area contributed by atoms with Crippen molar-refractivity contribution in [1.29, 1.82) is 0 Å². The zero-order valence-electron chi connectivity index (χ0n) is 15.4. The van der Waals surface area contributed by atoms with Crippen LogP contribution >= 0.6 is 0 Å². The molecule has 0 aromatic heterocycles. The third-order valence-corrected chi connectivity index (χ3v) is 6.63. The number of carbonyl (C=O) groups excluding carboxylic acids is 2. The predicted octanol–water partition coefficient (Wildman–Crippen LogP) is 2.06. The second-order valence-electron chi connectivity index (χ2n) is 6.66. The topological polar surface area (TPSA) is 92.8 Å². The Balaban J connectivity index is 2.12. The molecule has 2 aliphatic heterocycles. The van der Waals surface area contributed by atoms with Crippen LogP contribution in [0.15, 0.2) is 29.5 Å². The van der Waals surface area contributed by atoms with Gasteiger partial charge in [-0.15, -0.1) is 0 Å². The number of sulfone groups is 1. The minimum absolute atomic E-state index is 0.0217. The molecule has 1 N–H and O–H groups in total. The Morgan fingerprint density at radius 3 is 2.50 bits per heavy atom. The van der Waals surface area contributed by atoms with Crippen molar-refractivity contribution < 1.29 is 31.5 Å². The van der Waals surface area contributed by atoms with Gasteiger partial charge in [0, 0.05) is 5.70 Å². The second-order valence-corrected chi connectivity index (χ2v) is 8.89. The van der Waals surface area contributed by atoms with E-state index in [0.717, 1.165) is 12.1 Å². The van der Waals surface area contributed by atoms with Crippen LogP contribution in [0.2, 0.25) is 0 Å². The van der Waals surface area contributed by atoms with Crippen LogP contribution < -0.4 is 5.32 Å². The fourth-order valence-electron chi connectivity index (χ4n) is 3.65. The van der Waals surface area contributed by atoms with Crippen LogP contribution in [0.3, 0.4) is 0 Å². The van der Waals surface area contributed by atoms with Gasteiger partial charge in [-0.1, -0.05) is 6.07 Å². The monoisotopic (exact) mass is 414 g/mol. The molecule has 3 rings (SSSR count). The standard InChI is InChI=1S/C18H20F2N2O5S/c1-3-27-17(23)14-10(2)22(11-7-8-28(25,26)9-11)18(24)21-16(14)15-12(19)5-4-6-13(15)20/h4-6,11,16H,3,7-9H2,1-2H3,(H,21,24)/t11-,16-/m0/s1. The summed E-state index contributed by atoms with van der Waals surface area (Å²) in [4.78, 5) is 26.5. The van der Waals surface area contributed by atoms with E-state index in [-0.39, 0.29) is 35.8 Å². The minimum Gasteiger partial charge on any atom is -0.463 e. The first kappa shape index (κ1) is 20.2. The van der Waals surface area contributed by atoms with Gasteiger partial charge in [0.2, 0.25) is 0 Å². The fraction of sp³-hybridized carbons (Fsp3) is 0.444. The maximum absolute atomic E-state index is 14.4. The molecule has 0 bridgehead atoms. The van der Waals surface area contributed by atoms with Gasteiger partial charge in [-0.2, -0.15) is 0 Å². The summed E-state index contributed by atoms with van der Waals surface area (Å²) in [6.45, 7) is 3.05. The van der Waals surface area contributed by atoms with E-state index in [0.29, 0.717) is 0 Å². The van der Waals surface area contributed by atoms with Crippen LogP contribution in [0.5, 0.6) is 0 Å². The van der Waals surface area contributed by atoms with Crippen molar-refractivity contribution in [1.82, 2.24) is 10.2 Å². The average Bonchev–Trinajstić information content (AvgIpc) is 2.94. The largest absolute Gasteiger partial charge is 0.463 e. The lowest BCUT2D eigenvalue weighted by Gasteiger charge is -2.38. The summed E-state index contributed by atoms with van der Waals surface area (Å²) < 4.78 is 57.4. The molecule has 0 saturated carbocycles. The normalized spacial score (nSPS) is 24.3. The highest BCUT2D eigenvalue weighted by Gasteiger charge is 2.43. The van der Waals surface area contributed by atoms with Crippen molar-refractivity contribution in [2.24, 2.45) is 0 Å². The van der Waals surface area contributed by atoms with E-state index in [9.17, 15) is 26.8 Å². The summed E-state index contributed by atoms with van der Waals surface area (Å²) in [6.07, 6.45) is 0.210. The molecule has 1 fully saturated rings. The quantitative estimate of drug-likeness (QED) is 0.762. The summed E-state index contributed by atoms with van der Waals surface area (Å²) in [7, 11) is -3.30. The first-order valence-electron chi connectivity index (χ1n) is 8.78. The molecule has 1 saturated heterocycles. The van der Waals surface area contributed by atoms with E-state index in [1.54, 1.807) is 6.92 Å². The molecule has 152 valence electrons. The Morgan fingerprint density at radius 1 is 1.32 bits per heavy atom. The molecule has 0 unspecified atom stereocenters. The molecular weight excluding hydrogens is 394 g/mol. The van der Waals surface area contributed by atoms with Crippen molar-refractivity contribution >= 4 is 21.8 Å². The van der Waals surface area contributed by atoms with Gasteiger partial charge in [-0.3, -0.25) is 4.90 Å². The maximum Gasteiger partial charge on any atom is 0.338 e. The van der Waals surface area contributed by atoms with E-state index in [2.05, 4.69) is 5.32 Å².